The fourth-order valence-electron chi connectivity index (χ4n) is 3.89. The molecule has 0 radical (unpaired) electrons. The Hall–Kier alpha value is -2.29. The number of aromatic nitrogens is 1. The van der Waals surface area contributed by atoms with Crippen LogP contribution in [0.15, 0.2) is 53.4 Å². The molecule has 1 saturated heterocycles. The minimum Gasteiger partial charge on any atom is -0.291 e. The molecule has 1 aliphatic rings. The maximum Gasteiger partial charge on any atom is 0.243 e. The highest BCUT2D eigenvalue weighted by atomic mass is 32.2. The van der Waals surface area contributed by atoms with E-state index in [0.717, 1.165) is 15.8 Å². The van der Waals surface area contributed by atoms with Crippen LogP contribution in [-0.4, -0.2) is 43.8 Å². The Balaban J connectivity index is 1.42. The third-order valence-electron chi connectivity index (χ3n) is 5.89. The number of carbonyl (C=O) groups is 1. The van der Waals surface area contributed by atoms with Crippen molar-refractivity contribution in [3.05, 3.63) is 54.1 Å². The molecule has 2 heterocycles. The number of hydrogen-bond donors (Lipinski definition) is 0. The lowest BCUT2D eigenvalue weighted by molar-refractivity contribution is -0.123. The van der Waals surface area contributed by atoms with Crippen LogP contribution in [0.5, 0.6) is 0 Å². The number of rotatable bonds is 5. The third-order valence-corrected chi connectivity index (χ3v) is 8.91. The fraction of sp³-hybridized carbons (Fsp3) is 0.391. The summed E-state index contributed by atoms with van der Waals surface area (Å²) < 4.78 is 28.6. The number of fused-ring (bicyclic) bond motifs is 1. The van der Waals surface area contributed by atoms with Gasteiger partial charge in [0, 0.05) is 26.1 Å². The largest absolute Gasteiger partial charge is 0.291 e. The van der Waals surface area contributed by atoms with Gasteiger partial charge < -0.3 is 0 Å². The van der Waals surface area contributed by atoms with E-state index in [1.165, 1.54) is 15.6 Å². The highest BCUT2D eigenvalue weighted by Gasteiger charge is 2.34. The predicted molar refractivity (Wildman–Crippen MR) is 125 cm³/mol. The van der Waals surface area contributed by atoms with Crippen molar-refractivity contribution in [2.75, 3.05) is 25.0 Å². The number of benzene rings is 2. The molecule has 2 aromatic carbocycles. The van der Waals surface area contributed by atoms with Crippen molar-refractivity contribution < 1.29 is 13.2 Å². The second kappa shape index (κ2) is 8.68. The molecule has 6 nitrogen and oxygen atoms in total. The number of carbonyl (C=O) groups excluding carboxylic acids is 1. The lowest BCUT2D eigenvalue weighted by Crippen LogP contribution is -2.43. The minimum atomic E-state index is -3.55. The van der Waals surface area contributed by atoms with Crippen LogP contribution < -0.4 is 4.90 Å². The topological polar surface area (TPSA) is 70.6 Å². The normalized spacial score (nSPS) is 16.1. The zero-order chi connectivity index (χ0) is 22.2. The Kier molecular flexibility index (Phi) is 6.14. The minimum absolute atomic E-state index is 0.00242. The first kappa shape index (κ1) is 21.9. The van der Waals surface area contributed by atoms with Crippen LogP contribution >= 0.6 is 11.3 Å². The molecule has 1 fully saturated rings. The first-order valence-electron chi connectivity index (χ1n) is 10.5. The predicted octanol–water partition coefficient (Wildman–Crippen LogP) is 4.48. The molecule has 1 amide bonds. The van der Waals surface area contributed by atoms with Gasteiger partial charge in [-0.05, 0) is 48.6 Å². The molecule has 0 saturated carbocycles. The Morgan fingerprint density at radius 1 is 1.10 bits per heavy atom. The van der Waals surface area contributed by atoms with Gasteiger partial charge in [-0.25, -0.2) is 13.4 Å². The Morgan fingerprint density at radius 2 is 1.74 bits per heavy atom. The lowest BCUT2D eigenvalue weighted by atomic mass is 9.97. The zero-order valence-electron chi connectivity index (χ0n) is 18.0. The first-order chi connectivity index (χ1) is 14.8. The van der Waals surface area contributed by atoms with Crippen LogP contribution in [0.1, 0.15) is 38.2 Å². The van der Waals surface area contributed by atoms with Crippen LogP contribution in [0.4, 0.5) is 5.13 Å². The maximum absolute atomic E-state index is 13.0. The summed E-state index contributed by atoms with van der Waals surface area (Å²) in [4.78, 5) is 19.5. The van der Waals surface area contributed by atoms with Gasteiger partial charge >= 0.3 is 0 Å². The number of hydrogen-bond acceptors (Lipinski definition) is 5. The van der Waals surface area contributed by atoms with Crippen molar-refractivity contribution >= 4 is 42.6 Å². The standard InChI is InChI=1S/C23H27N3O3S2/c1-16(2)17-8-10-19(11-9-17)31(28,29)26-14-12-18(13-15-26)22(27)25(3)23-24-20-6-4-5-7-21(20)30-23/h4-11,16,18H,12-15H2,1-3H3. The first-order valence-corrected chi connectivity index (χ1v) is 12.8. The quantitative estimate of drug-likeness (QED) is 0.566. The summed E-state index contributed by atoms with van der Waals surface area (Å²) in [6, 6.07) is 14.9. The van der Waals surface area contributed by atoms with Crippen LogP contribution in [0, 0.1) is 5.92 Å². The molecule has 4 rings (SSSR count). The van der Waals surface area contributed by atoms with Gasteiger partial charge in [0.25, 0.3) is 0 Å². The molecule has 31 heavy (non-hydrogen) atoms. The zero-order valence-corrected chi connectivity index (χ0v) is 19.6. The number of anilines is 1. The van der Waals surface area contributed by atoms with Crippen LogP contribution in [-0.2, 0) is 14.8 Å². The van der Waals surface area contributed by atoms with E-state index in [1.54, 1.807) is 24.1 Å². The second-order valence-corrected chi connectivity index (χ2v) is 11.2. The highest BCUT2D eigenvalue weighted by Crippen LogP contribution is 2.31. The van der Waals surface area contributed by atoms with Gasteiger partial charge in [-0.1, -0.05) is 49.4 Å². The summed E-state index contributed by atoms with van der Waals surface area (Å²) in [6.07, 6.45) is 1.02. The molecule has 0 aliphatic carbocycles. The molecule has 8 heteroatoms. The van der Waals surface area contributed by atoms with Gasteiger partial charge in [0.05, 0.1) is 15.1 Å². The third kappa shape index (κ3) is 4.37. The average molecular weight is 458 g/mol. The Bertz CT molecular complexity index is 1150. The van der Waals surface area contributed by atoms with Crippen molar-refractivity contribution in [2.24, 2.45) is 5.92 Å². The van der Waals surface area contributed by atoms with Crippen molar-refractivity contribution in [2.45, 2.75) is 37.5 Å². The van der Waals surface area contributed by atoms with Gasteiger partial charge in [-0.15, -0.1) is 0 Å². The van der Waals surface area contributed by atoms with E-state index in [-0.39, 0.29) is 11.8 Å². The highest BCUT2D eigenvalue weighted by molar-refractivity contribution is 7.89. The van der Waals surface area contributed by atoms with E-state index in [1.807, 2.05) is 36.4 Å². The van der Waals surface area contributed by atoms with Gasteiger partial charge in [0.1, 0.15) is 0 Å². The second-order valence-electron chi connectivity index (χ2n) is 8.26. The summed E-state index contributed by atoms with van der Waals surface area (Å²) in [6.45, 7) is 4.85. The van der Waals surface area contributed by atoms with Crippen LogP contribution in [0.2, 0.25) is 0 Å². The number of sulfonamides is 1. The fourth-order valence-corrected chi connectivity index (χ4v) is 6.29. The number of piperidine rings is 1. The maximum atomic E-state index is 13.0. The molecular formula is C23H27N3O3S2. The van der Waals surface area contributed by atoms with Crippen molar-refractivity contribution in [1.29, 1.82) is 0 Å². The van der Waals surface area contributed by atoms with Gasteiger partial charge in [0.2, 0.25) is 15.9 Å². The van der Waals surface area contributed by atoms with E-state index >= 15 is 0 Å². The van der Waals surface area contributed by atoms with Gasteiger partial charge in [-0.3, -0.25) is 9.69 Å². The molecular weight excluding hydrogens is 430 g/mol. The van der Waals surface area contributed by atoms with Crippen molar-refractivity contribution in [1.82, 2.24) is 9.29 Å². The Labute approximate surface area is 187 Å². The molecule has 0 N–H and O–H groups in total. The summed E-state index contributed by atoms with van der Waals surface area (Å²) in [5.74, 6) is 0.148. The van der Waals surface area contributed by atoms with E-state index in [4.69, 9.17) is 0 Å². The van der Waals surface area contributed by atoms with E-state index in [0.29, 0.717) is 41.9 Å². The molecule has 1 aliphatic heterocycles. The molecule has 0 spiro atoms. The summed E-state index contributed by atoms with van der Waals surface area (Å²) in [5.41, 5.74) is 1.99. The SMILES string of the molecule is CC(C)c1ccc(S(=O)(=O)N2CCC(C(=O)N(C)c3nc4ccccc4s3)CC2)cc1. The summed E-state index contributed by atoms with van der Waals surface area (Å²) in [7, 11) is -1.80. The lowest BCUT2D eigenvalue weighted by Gasteiger charge is -2.32. The van der Waals surface area contributed by atoms with Gasteiger partial charge in [0.15, 0.2) is 5.13 Å². The number of thiazole rings is 1. The number of amides is 1. The van der Waals surface area contributed by atoms with Crippen molar-refractivity contribution in [3.63, 3.8) is 0 Å². The van der Waals surface area contributed by atoms with Crippen molar-refractivity contribution in [3.8, 4) is 0 Å². The Morgan fingerprint density at radius 3 is 2.35 bits per heavy atom. The smallest absolute Gasteiger partial charge is 0.243 e. The summed E-state index contributed by atoms with van der Waals surface area (Å²) in [5, 5.41) is 0.673. The molecule has 1 aromatic heterocycles. The number of para-hydroxylation sites is 1. The molecule has 0 bridgehead atoms. The van der Waals surface area contributed by atoms with E-state index in [2.05, 4.69) is 18.8 Å². The molecule has 0 atom stereocenters. The monoisotopic (exact) mass is 457 g/mol. The van der Waals surface area contributed by atoms with E-state index in [9.17, 15) is 13.2 Å². The van der Waals surface area contributed by atoms with Crippen LogP contribution in [0.25, 0.3) is 10.2 Å². The van der Waals surface area contributed by atoms with Gasteiger partial charge in [-0.2, -0.15) is 4.31 Å². The molecule has 3 aromatic rings. The van der Waals surface area contributed by atoms with Crippen LogP contribution in [0.3, 0.4) is 0 Å². The molecule has 164 valence electrons. The summed E-state index contributed by atoms with van der Waals surface area (Å²) >= 11 is 1.49. The van der Waals surface area contributed by atoms with E-state index < -0.39 is 10.0 Å². The number of nitrogens with zero attached hydrogens (tertiary/aromatic N) is 3. The average Bonchev–Trinajstić information content (AvgIpc) is 3.22. The molecule has 0 unspecified atom stereocenters.